The molecule has 2 rings (SSSR count). The second-order valence-electron chi connectivity index (χ2n) is 5.38. The van der Waals surface area contributed by atoms with Gasteiger partial charge in [0.2, 0.25) is 0 Å². The molecule has 5 nitrogen and oxygen atoms in total. The van der Waals surface area contributed by atoms with Gasteiger partial charge in [-0.1, -0.05) is 13.8 Å². The van der Waals surface area contributed by atoms with Gasteiger partial charge in [-0.15, -0.1) is 13.2 Å². The highest BCUT2D eigenvalue weighted by molar-refractivity contribution is 6.02. The summed E-state index contributed by atoms with van der Waals surface area (Å²) in [5.74, 6) is 0.158. The Morgan fingerprint density at radius 3 is 2.28 bits per heavy atom. The van der Waals surface area contributed by atoms with E-state index in [0.29, 0.717) is 22.9 Å². The molecular weight excluding hydrogens is 333 g/mol. The summed E-state index contributed by atoms with van der Waals surface area (Å²) in [5.41, 5.74) is 1.35. The highest BCUT2D eigenvalue weighted by Gasteiger charge is 2.31. The number of alkyl halides is 3. The molecule has 2 aromatic rings. The molecule has 0 amide bonds. The lowest BCUT2D eigenvalue weighted by Gasteiger charge is -2.16. The molecule has 0 fully saturated rings. The van der Waals surface area contributed by atoms with E-state index in [9.17, 15) is 13.2 Å². The van der Waals surface area contributed by atoms with Crippen LogP contribution in [0, 0.1) is 11.3 Å². The highest BCUT2D eigenvalue weighted by atomic mass is 19.4. The molecule has 2 N–H and O–H groups in total. The van der Waals surface area contributed by atoms with Gasteiger partial charge in [-0.05, 0) is 37.1 Å². The molecule has 0 radical (unpaired) electrons. The van der Waals surface area contributed by atoms with E-state index in [1.807, 2.05) is 13.8 Å². The minimum atomic E-state index is -4.72. The van der Waals surface area contributed by atoms with Crippen LogP contribution in [0.25, 0.3) is 0 Å². The fourth-order valence-corrected chi connectivity index (χ4v) is 2.39. The number of halogens is 3. The summed E-state index contributed by atoms with van der Waals surface area (Å²) in [6.45, 7) is 4.01. The number of hydrogen-bond donors (Lipinski definition) is 2. The Morgan fingerprint density at radius 1 is 1.12 bits per heavy atom. The van der Waals surface area contributed by atoms with Crippen molar-refractivity contribution in [3.63, 3.8) is 0 Å². The Kier molecular flexibility index (Phi) is 5.95. The number of nitrogens with one attached hydrogen (secondary N) is 2. The van der Waals surface area contributed by atoms with Crippen molar-refractivity contribution < 1.29 is 17.9 Å². The first-order valence-electron chi connectivity index (χ1n) is 7.86. The Hall–Kier alpha value is -2.64. The SMILES string of the molecule is CCC(CC)C(=N)c1nccnc1Nc1ccc(OC(F)(F)F)cc1. The van der Waals surface area contributed by atoms with E-state index in [1.54, 1.807) is 0 Å². The molecule has 0 aliphatic rings. The molecule has 0 aliphatic heterocycles. The quantitative estimate of drug-likeness (QED) is 0.694. The summed E-state index contributed by atoms with van der Waals surface area (Å²) < 4.78 is 40.4. The maximum Gasteiger partial charge on any atom is 0.573 e. The second kappa shape index (κ2) is 7.96. The third-order valence-corrected chi connectivity index (χ3v) is 3.70. The Balaban J connectivity index is 2.19. The molecule has 8 heteroatoms. The molecule has 1 heterocycles. The van der Waals surface area contributed by atoms with Gasteiger partial charge in [0.15, 0.2) is 5.82 Å². The van der Waals surface area contributed by atoms with E-state index >= 15 is 0 Å². The molecule has 0 saturated heterocycles. The van der Waals surface area contributed by atoms with Crippen LogP contribution in [-0.4, -0.2) is 22.0 Å². The molecule has 134 valence electrons. The Morgan fingerprint density at radius 2 is 1.72 bits per heavy atom. The first-order chi connectivity index (χ1) is 11.8. The van der Waals surface area contributed by atoms with Crippen molar-refractivity contribution in [2.45, 2.75) is 33.1 Å². The van der Waals surface area contributed by atoms with E-state index < -0.39 is 6.36 Å². The maximum atomic E-state index is 12.2. The molecule has 1 aromatic carbocycles. The molecule has 0 spiro atoms. The zero-order valence-electron chi connectivity index (χ0n) is 13.9. The molecule has 0 atom stereocenters. The van der Waals surface area contributed by atoms with E-state index in [-0.39, 0.29) is 11.7 Å². The van der Waals surface area contributed by atoms with E-state index in [1.165, 1.54) is 36.7 Å². The minimum absolute atomic E-state index is 0.0693. The summed E-state index contributed by atoms with van der Waals surface area (Å²) >= 11 is 0. The minimum Gasteiger partial charge on any atom is -0.406 e. The fourth-order valence-electron chi connectivity index (χ4n) is 2.39. The van der Waals surface area contributed by atoms with Gasteiger partial charge in [-0.2, -0.15) is 0 Å². The van der Waals surface area contributed by atoms with Crippen molar-refractivity contribution in [1.82, 2.24) is 9.97 Å². The fraction of sp³-hybridized carbons (Fsp3) is 0.353. The van der Waals surface area contributed by atoms with Gasteiger partial charge in [0.25, 0.3) is 0 Å². The van der Waals surface area contributed by atoms with Crippen molar-refractivity contribution >= 4 is 17.2 Å². The van der Waals surface area contributed by atoms with E-state index in [2.05, 4.69) is 20.0 Å². The van der Waals surface area contributed by atoms with Crippen molar-refractivity contribution in [3.05, 3.63) is 42.4 Å². The molecule has 0 unspecified atom stereocenters. The van der Waals surface area contributed by atoms with Crippen LogP contribution in [0.15, 0.2) is 36.7 Å². The smallest absolute Gasteiger partial charge is 0.406 e. The summed E-state index contributed by atoms with van der Waals surface area (Å²) in [6.07, 6.45) is -0.0914. The van der Waals surface area contributed by atoms with Gasteiger partial charge >= 0.3 is 6.36 Å². The van der Waals surface area contributed by atoms with Crippen molar-refractivity contribution in [1.29, 1.82) is 5.41 Å². The lowest BCUT2D eigenvalue weighted by Crippen LogP contribution is -2.17. The van der Waals surface area contributed by atoms with Crippen LogP contribution >= 0.6 is 0 Å². The molecule has 0 bridgehead atoms. The molecular formula is C17H19F3N4O. The highest BCUT2D eigenvalue weighted by Crippen LogP contribution is 2.26. The summed E-state index contributed by atoms with van der Waals surface area (Å²) in [7, 11) is 0. The Labute approximate surface area is 143 Å². The number of benzene rings is 1. The van der Waals surface area contributed by atoms with E-state index in [4.69, 9.17) is 5.41 Å². The Bertz CT molecular complexity index is 713. The molecule has 1 aromatic heterocycles. The first kappa shape index (κ1) is 18.7. The number of nitrogens with zero attached hydrogens (tertiary/aromatic N) is 2. The average molecular weight is 352 g/mol. The first-order valence-corrected chi connectivity index (χ1v) is 7.86. The third-order valence-electron chi connectivity index (χ3n) is 3.70. The number of rotatable bonds is 7. The predicted molar refractivity (Wildman–Crippen MR) is 89.3 cm³/mol. The van der Waals surface area contributed by atoms with Crippen LogP contribution in [0.3, 0.4) is 0 Å². The van der Waals surface area contributed by atoms with Crippen LogP contribution < -0.4 is 10.1 Å². The van der Waals surface area contributed by atoms with Gasteiger partial charge in [-0.25, -0.2) is 9.97 Å². The largest absolute Gasteiger partial charge is 0.573 e. The monoisotopic (exact) mass is 352 g/mol. The normalized spacial score (nSPS) is 11.4. The molecule has 0 aliphatic carbocycles. The van der Waals surface area contributed by atoms with E-state index in [0.717, 1.165) is 12.8 Å². The van der Waals surface area contributed by atoms with Gasteiger partial charge in [0.05, 0.1) is 5.71 Å². The summed E-state index contributed by atoms with van der Waals surface area (Å²) in [6, 6.07) is 5.30. The zero-order valence-corrected chi connectivity index (χ0v) is 13.9. The maximum absolute atomic E-state index is 12.2. The van der Waals surface area contributed by atoms with Gasteiger partial charge in [0, 0.05) is 24.0 Å². The van der Waals surface area contributed by atoms with Crippen molar-refractivity contribution in [2.24, 2.45) is 5.92 Å². The van der Waals surface area contributed by atoms with Crippen LogP contribution in [0.1, 0.15) is 32.4 Å². The topological polar surface area (TPSA) is 70.9 Å². The molecule has 0 saturated carbocycles. The lowest BCUT2D eigenvalue weighted by atomic mass is 9.95. The average Bonchev–Trinajstić information content (AvgIpc) is 2.57. The van der Waals surface area contributed by atoms with Crippen molar-refractivity contribution in [2.75, 3.05) is 5.32 Å². The van der Waals surface area contributed by atoms with Gasteiger partial charge in [0.1, 0.15) is 11.4 Å². The zero-order chi connectivity index (χ0) is 18.4. The summed E-state index contributed by atoms with van der Waals surface area (Å²) in [5, 5.41) is 11.3. The number of hydrogen-bond acceptors (Lipinski definition) is 5. The van der Waals surface area contributed by atoms with Crippen molar-refractivity contribution in [3.8, 4) is 5.75 Å². The predicted octanol–water partition coefficient (Wildman–Crippen LogP) is 4.92. The number of aromatic nitrogens is 2. The van der Waals surface area contributed by atoms with Gasteiger partial charge < -0.3 is 15.5 Å². The van der Waals surface area contributed by atoms with Crippen LogP contribution in [-0.2, 0) is 0 Å². The standard InChI is InChI=1S/C17H19F3N4O/c1-3-11(4-2)14(21)15-16(23-10-9-22-15)24-12-5-7-13(8-6-12)25-17(18,19)20/h5-11,21H,3-4H2,1-2H3,(H,23,24). The lowest BCUT2D eigenvalue weighted by molar-refractivity contribution is -0.274. The van der Waals surface area contributed by atoms with Crippen LogP contribution in [0.2, 0.25) is 0 Å². The number of anilines is 2. The molecule has 25 heavy (non-hydrogen) atoms. The second-order valence-corrected chi connectivity index (χ2v) is 5.38. The third kappa shape index (κ3) is 5.17. The van der Waals surface area contributed by atoms with Crippen LogP contribution in [0.4, 0.5) is 24.7 Å². The van der Waals surface area contributed by atoms with Gasteiger partial charge in [-0.3, -0.25) is 0 Å². The van der Waals surface area contributed by atoms with Crippen LogP contribution in [0.5, 0.6) is 5.75 Å². The number of ether oxygens (including phenoxy) is 1. The summed E-state index contributed by atoms with van der Waals surface area (Å²) in [4.78, 5) is 8.44.